The highest BCUT2D eigenvalue weighted by Crippen LogP contribution is 3.11. The third-order valence-electron chi connectivity index (χ3n) is 10.2. The Hall–Kier alpha value is -0.760. The number of halogens is 2. The first-order valence-corrected chi connectivity index (χ1v) is 11.0. The zero-order valence-corrected chi connectivity index (χ0v) is 17.8. The number of fused-ring (bicyclic) bond motifs is 3. The Balaban J connectivity index is 1.66. The van der Waals surface area contributed by atoms with E-state index in [2.05, 4.69) is 31.9 Å². The van der Waals surface area contributed by atoms with Gasteiger partial charge in [-0.25, -0.2) is 0 Å². The van der Waals surface area contributed by atoms with E-state index in [1.165, 1.54) is 14.2 Å². The topological polar surface area (TPSA) is 86.7 Å². The van der Waals surface area contributed by atoms with Gasteiger partial charge in [-0.05, 0) is 42.9 Å². The molecule has 2 bridgehead atoms. The van der Waals surface area contributed by atoms with Crippen molar-refractivity contribution in [2.45, 2.75) is 27.9 Å². The Kier molecular flexibility index (Phi) is 2.14. The number of carbonyl (C=O) groups is 4. The summed E-state index contributed by atoms with van der Waals surface area (Å²) in [5, 5.41) is 0. The van der Waals surface area contributed by atoms with Crippen LogP contribution < -0.4 is 0 Å². The van der Waals surface area contributed by atoms with E-state index >= 15 is 0 Å². The highest BCUT2D eigenvalue weighted by atomic mass is 79.9. The SMILES string of the molecule is COC(=O)[C@]12[C@H]3[C@H]4[C@@]56C(=O)[C@](Br)([C@@]1(Br)C(=O)[C@]35[C@@H]1CC[C@H]6C1)[C@@]42C(=O)OC. The van der Waals surface area contributed by atoms with Crippen LogP contribution in [0.1, 0.15) is 19.3 Å². The van der Waals surface area contributed by atoms with Crippen LogP contribution in [0.3, 0.4) is 0 Å². The van der Waals surface area contributed by atoms with Gasteiger partial charge >= 0.3 is 11.9 Å². The zero-order valence-electron chi connectivity index (χ0n) is 14.6. The van der Waals surface area contributed by atoms with E-state index in [4.69, 9.17) is 9.47 Å². The minimum Gasteiger partial charge on any atom is -0.469 e. The van der Waals surface area contributed by atoms with Crippen LogP contribution in [-0.4, -0.2) is 46.4 Å². The molecule has 0 unspecified atom stereocenters. The Labute approximate surface area is 171 Å². The molecule has 7 rings (SSSR count). The third kappa shape index (κ3) is 0.768. The molecule has 0 aromatic rings. The number of carbonyl (C=O) groups excluding carboxylic acids is 4. The molecular formula is C19H16Br2O6. The molecule has 27 heavy (non-hydrogen) atoms. The number of alkyl halides is 2. The van der Waals surface area contributed by atoms with E-state index < -0.39 is 42.2 Å². The lowest BCUT2D eigenvalue weighted by atomic mass is 9.18. The summed E-state index contributed by atoms with van der Waals surface area (Å²) < 4.78 is 7.47. The summed E-state index contributed by atoms with van der Waals surface area (Å²) in [7, 11) is 2.56. The molecule has 0 radical (unpaired) electrons. The summed E-state index contributed by atoms with van der Waals surface area (Å²) in [6, 6.07) is 0. The largest absolute Gasteiger partial charge is 0.469 e. The quantitative estimate of drug-likeness (QED) is 0.422. The first kappa shape index (κ1) is 16.1. The van der Waals surface area contributed by atoms with Crippen molar-refractivity contribution in [2.75, 3.05) is 14.2 Å². The fourth-order valence-corrected chi connectivity index (χ4v) is 13.5. The number of hydrogen-bond acceptors (Lipinski definition) is 6. The normalized spacial score (nSPS) is 66.7. The molecule has 7 aliphatic rings. The molecule has 0 aliphatic heterocycles. The second-order valence-electron chi connectivity index (χ2n) is 9.47. The lowest BCUT2D eigenvalue weighted by Gasteiger charge is -2.82. The average molecular weight is 500 g/mol. The van der Waals surface area contributed by atoms with Crippen molar-refractivity contribution < 1.29 is 28.7 Å². The van der Waals surface area contributed by atoms with Crippen molar-refractivity contribution in [1.29, 1.82) is 0 Å². The predicted molar refractivity (Wildman–Crippen MR) is 94.9 cm³/mol. The van der Waals surface area contributed by atoms with Gasteiger partial charge in [0.1, 0.15) is 19.5 Å². The van der Waals surface area contributed by atoms with Gasteiger partial charge in [-0.1, -0.05) is 31.9 Å². The van der Waals surface area contributed by atoms with Crippen molar-refractivity contribution in [3.63, 3.8) is 0 Å². The Morgan fingerprint density at radius 3 is 1.56 bits per heavy atom. The highest BCUT2D eigenvalue weighted by Gasteiger charge is 3.23. The molecule has 7 aliphatic carbocycles. The van der Waals surface area contributed by atoms with Gasteiger partial charge in [-0.3, -0.25) is 19.2 Å². The van der Waals surface area contributed by atoms with E-state index in [0.717, 1.165) is 19.3 Å². The molecule has 10 atom stereocenters. The fraction of sp³-hybridized carbons (Fsp3) is 0.789. The Bertz CT molecular complexity index is 903. The van der Waals surface area contributed by atoms with Crippen LogP contribution in [0.5, 0.6) is 0 Å². The minimum absolute atomic E-state index is 0.0534. The molecule has 0 aromatic carbocycles. The summed E-state index contributed by atoms with van der Waals surface area (Å²) in [6.45, 7) is 0. The summed E-state index contributed by atoms with van der Waals surface area (Å²) in [4.78, 5) is 54.5. The van der Waals surface area contributed by atoms with E-state index in [1.54, 1.807) is 0 Å². The molecule has 142 valence electrons. The van der Waals surface area contributed by atoms with E-state index in [9.17, 15) is 19.2 Å². The molecular weight excluding hydrogens is 484 g/mol. The minimum atomic E-state index is -1.43. The summed E-state index contributed by atoms with van der Waals surface area (Å²) in [5.41, 5.74) is -4.32. The van der Waals surface area contributed by atoms with E-state index in [1.807, 2.05) is 0 Å². The second-order valence-corrected chi connectivity index (χ2v) is 11.9. The summed E-state index contributed by atoms with van der Waals surface area (Å²) in [6.07, 6.45) is 2.66. The van der Waals surface area contributed by atoms with Gasteiger partial charge in [0.2, 0.25) is 0 Å². The maximum absolute atomic E-state index is 14.0. The molecule has 8 heteroatoms. The first-order chi connectivity index (χ1) is 12.7. The van der Waals surface area contributed by atoms with Crippen molar-refractivity contribution >= 4 is 55.4 Å². The van der Waals surface area contributed by atoms with Gasteiger partial charge in [0, 0.05) is 0 Å². The number of Topliss-reactive ketones (excluding diaryl/α,β-unsaturated/α-hetero) is 2. The van der Waals surface area contributed by atoms with Crippen LogP contribution in [0.2, 0.25) is 0 Å². The average Bonchev–Trinajstić information content (AvgIpc) is 3.19. The number of hydrogen-bond donors (Lipinski definition) is 0. The maximum Gasteiger partial charge on any atom is 0.315 e. The van der Waals surface area contributed by atoms with Crippen molar-refractivity contribution in [3.8, 4) is 0 Å². The van der Waals surface area contributed by atoms with E-state index in [-0.39, 0.29) is 35.2 Å². The Morgan fingerprint density at radius 2 is 1.22 bits per heavy atom. The molecule has 0 aromatic heterocycles. The summed E-state index contributed by atoms with van der Waals surface area (Å²) >= 11 is 7.21. The van der Waals surface area contributed by atoms with Crippen LogP contribution in [0.4, 0.5) is 0 Å². The molecule has 7 fully saturated rings. The second kappa shape index (κ2) is 3.59. The number of esters is 2. The molecule has 2 spiro atoms. The first-order valence-electron chi connectivity index (χ1n) is 9.37. The van der Waals surface area contributed by atoms with E-state index in [0.29, 0.717) is 0 Å². The van der Waals surface area contributed by atoms with Crippen LogP contribution in [-0.2, 0) is 28.7 Å². The van der Waals surface area contributed by atoms with Gasteiger partial charge in [-0.2, -0.15) is 0 Å². The molecule has 0 saturated heterocycles. The smallest absolute Gasteiger partial charge is 0.315 e. The van der Waals surface area contributed by atoms with Crippen LogP contribution in [0.25, 0.3) is 0 Å². The fourth-order valence-electron chi connectivity index (χ4n) is 10.4. The summed E-state index contributed by atoms with van der Waals surface area (Å²) in [5.74, 6) is -1.63. The molecule has 6 nitrogen and oxygen atoms in total. The maximum atomic E-state index is 14.0. The van der Waals surface area contributed by atoms with Gasteiger partial charge in [-0.15, -0.1) is 0 Å². The third-order valence-corrected chi connectivity index (χ3v) is 13.9. The number of ether oxygens (including phenoxy) is 2. The van der Waals surface area contributed by atoms with Crippen molar-refractivity contribution in [2.24, 2.45) is 45.3 Å². The predicted octanol–water partition coefficient (Wildman–Crippen LogP) is 1.41. The molecule has 7 saturated carbocycles. The van der Waals surface area contributed by atoms with Crippen molar-refractivity contribution in [1.82, 2.24) is 0 Å². The molecule has 0 amide bonds. The molecule has 0 heterocycles. The lowest BCUT2D eigenvalue weighted by Crippen LogP contribution is -2.95. The monoisotopic (exact) mass is 498 g/mol. The number of methoxy groups -OCH3 is 2. The zero-order chi connectivity index (χ0) is 19.2. The van der Waals surface area contributed by atoms with Crippen LogP contribution >= 0.6 is 31.9 Å². The molecule has 0 N–H and O–H groups in total. The highest BCUT2D eigenvalue weighted by molar-refractivity contribution is 9.13. The van der Waals surface area contributed by atoms with Gasteiger partial charge in [0.25, 0.3) is 0 Å². The van der Waals surface area contributed by atoms with Crippen molar-refractivity contribution in [3.05, 3.63) is 0 Å². The van der Waals surface area contributed by atoms with Crippen LogP contribution in [0, 0.1) is 45.3 Å². The van der Waals surface area contributed by atoms with Gasteiger partial charge in [0.05, 0.1) is 25.0 Å². The van der Waals surface area contributed by atoms with Gasteiger partial charge in [0.15, 0.2) is 11.6 Å². The number of rotatable bonds is 2. The van der Waals surface area contributed by atoms with Gasteiger partial charge < -0.3 is 9.47 Å². The lowest BCUT2D eigenvalue weighted by molar-refractivity contribution is -0.359. The van der Waals surface area contributed by atoms with Crippen LogP contribution in [0.15, 0.2) is 0 Å². The number of ketones is 2. The Morgan fingerprint density at radius 1 is 0.852 bits per heavy atom. The standard InChI is InChI=1S/C19H16Br2O6/c1-26-12(24)16-8-9-15-7-4-3-6(5-7)14(8,15)10(22)18(16,20)19(21,11(15)23)17(9,16)13(25)27-2/h6-9H,3-5H2,1-2H3/t6-,7+,8-,9-,14-,15-,16+,17-,18+,19+/m0/s1.